The highest BCUT2D eigenvalue weighted by Gasteiger charge is 2.09. The molecule has 0 saturated heterocycles. The van der Waals surface area contributed by atoms with Gasteiger partial charge in [-0.1, -0.05) is 72.3 Å². The zero-order valence-corrected chi connectivity index (χ0v) is 18.0. The van der Waals surface area contributed by atoms with Crippen LogP contribution in [-0.2, 0) is 6.54 Å². The van der Waals surface area contributed by atoms with Gasteiger partial charge in [0.2, 0.25) is 0 Å². The van der Waals surface area contributed by atoms with E-state index in [0.29, 0.717) is 10.6 Å². The van der Waals surface area contributed by atoms with Crippen molar-refractivity contribution in [2.24, 2.45) is 5.10 Å². The van der Waals surface area contributed by atoms with Crippen molar-refractivity contribution in [1.82, 2.24) is 9.99 Å². The number of amides is 1. The molecule has 0 bridgehead atoms. The number of nitrogens with one attached hydrogen (secondary N) is 1. The summed E-state index contributed by atoms with van der Waals surface area (Å²) < 4.78 is 2.22. The Balaban J connectivity index is 1.43. The monoisotopic (exact) mass is 437 g/mol. The van der Waals surface area contributed by atoms with Gasteiger partial charge < -0.3 is 4.57 Å². The Kier molecular flexibility index (Phi) is 5.44. The Morgan fingerprint density at radius 2 is 1.59 bits per heavy atom. The van der Waals surface area contributed by atoms with Gasteiger partial charge in [0, 0.05) is 39.8 Å². The van der Waals surface area contributed by atoms with E-state index in [1.165, 1.54) is 16.3 Å². The first-order valence-electron chi connectivity index (χ1n) is 10.3. The number of halogens is 1. The maximum Gasteiger partial charge on any atom is 0.271 e. The van der Waals surface area contributed by atoms with E-state index in [4.69, 9.17) is 11.6 Å². The van der Waals surface area contributed by atoms with Crippen molar-refractivity contribution in [2.45, 2.75) is 6.54 Å². The average Bonchev–Trinajstić information content (AvgIpc) is 3.17. The molecule has 5 heteroatoms. The smallest absolute Gasteiger partial charge is 0.271 e. The Morgan fingerprint density at radius 3 is 2.44 bits per heavy atom. The van der Waals surface area contributed by atoms with Crippen LogP contribution in [0.3, 0.4) is 0 Å². The maximum absolute atomic E-state index is 12.3. The highest BCUT2D eigenvalue weighted by Crippen LogP contribution is 2.24. The van der Waals surface area contributed by atoms with E-state index >= 15 is 0 Å². The van der Waals surface area contributed by atoms with Gasteiger partial charge in [-0.05, 0) is 46.7 Å². The number of aromatic nitrogens is 1. The third kappa shape index (κ3) is 4.01. The summed E-state index contributed by atoms with van der Waals surface area (Å²) in [6.45, 7) is 0.743. The van der Waals surface area contributed by atoms with Gasteiger partial charge >= 0.3 is 0 Å². The summed E-state index contributed by atoms with van der Waals surface area (Å²) in [7, 11) is 0. The predicted molar refractivity (Wildman–Crippen MR) is 132 cm³/mol. The molecule has 0 aliphatic rings. The molecule has 1 aromatic heterocycles. The fourth-order valence-corrected chi connectivity index (χ4v) is 4.08. The molecule has 1 N–H and O–H groups in total. The molecule has 0 aliphatic heterocycles. The van der Waals surface area contributed by atoms with Crippen LogP contribution in [0.25, 0.3) is 21.7 Å². The molecule has 0 fully saturated rings. The second kappa shape index (κ2) is 8.69. The van der Waals surface area contributed by atoms with Gasteiger partial charge in [0.05, 0.1) is 6.21 Å². The van der Waals surface area contributed by atoms with Crippen molar-refractivity contribution in [1.29, 1.82) is 0 Å². The van der Waals surface area contributed by atoms with Crippen LogP contribution in [0.5, 0.6) is 0 Å². The van der Waals surface area contributed by atoms with Gasteiger partial charge in [-0.25, -0.2) is 5.43 Å². The van der Waals surface area contributed by atoms with Crippen molar-refractivity contribution in [2.75, 3.05) is 0 Å². The normalized spacial score (nSPS) is 11.4. The van der Waals surface area contributed by atoms with Gasteiger partial charge in [0.15, 0.2) is 0 Å². The molecule has 0 radical (unpaired) electrons. The molecule has 156 valence electrons. The van der Waals surface area contributed by atoms with Gasteiger partial charge in [0.1, 0.15) is 0 Å². The molecule has 0 unspecified atom stereocenters. The van der Waals surface area contributed by atoms with E-state index in [9.17, 15) is 4.79 Å². The van der Waals surface area contributed by atoms with Crippen molar-refractivity contribution < 1.29 is 4.79 Å². The van der Waals surface area contributed by atoms with Crippen LogP contribution < -0.4 is 5.43 Å². The molecule has 0 atom stereocenters. The van der Waals surface area contributed by atoms with Crippen LogP contribution >= 0.6 is 11.6 Å². The van der Waals surface area contributed by atoms with Crippen LogP contribution in [0.4, 0.5) is 0 Å². The van der Waals surface area contributed by atoms with Crippen LogP contribution in [0.15, 0.2) is 102 Å². The third-order valence-electron chi connectivity index (χ3n) is 5.52. The minimum Gasteiger partial charge on any atom is -0.342 e. The van der Waals surface area contributed by atoms with Crippen molar-refractivity contribution in [3.63, 3.8) is 0 Å². The van der Waals surface area contributed by atoms with Crippen molar-refractivity contribution >= 4 is 45.4 Å². The Morgan fingerprint density at radius 1 is 0.875 bits per heavy atom. The number of hydrogen-bond donors (Lipinski definition) is 1. The van der Waals surface area contributed by atoms with Gasteiger partial charge in [-0.15, -0.1) is 0 Å². The number of hydrazone groups is 1. The summed E-state index contributed by atoms with van der Waals surface area (Å²) in [5, 5.41) is 8.34. The zero-order chi connectivity index (χ0) is 21.9. The highest BCUT2D eigenvalue weighted by atomic mass is 35.5. The molecule has 0 spiro atoms. The molecular weight excluding hydrogens is 418 g/mol. The maximum atomic E-state index is 12.3. The topological polar surface area (TPSA) is 46.4 Å². The molecular formula is C27H20ClN3O. The average molecular weight is 438 g/mol. The molecule has 32 heavy (non-hydrogen) atoms. The van der Waals surface area contributed by atoms with Crippen LogP contribution in [0, 0.1) is 0 Å². The van der Waals surface area contributed by atoms with E-state index in [1.807, 2.05) is 12.1 Å². The van der Waals surface area contributed by atoms with Crippen molar-refractivity contribution in [3.05, 3.63) is 119 Å². The number of carbonyl (C=O) groups excluding carboxylic acids is 1. The van der Waals surface area contributed by atoms with E-state index < -0.39 is 0 Å². The first-order chi connectivity index (χ1) is 15.7. The molecule has 5 rings (SSSR count). The number of carbonyl (C=O) groups is 1. The van der Waals surface area contributed by atoms with Crippen LogP contribution in [-0.4, -0.2) is 16.7 Å². The lowest BCUT2D eigenvalue weighted by Gasteiger charge is -2.09. The molecule has 4 aromatic carbocycles. The Labute approximate surface area is 190 Å². The Bertz CT molecular complexity index is 1450. The van der Waals surface area contributed by atoms with Gasteiger partial charge in [-0.3, -0.25) is 4.79 Å². The predicted octanol–water partition coefficient (Wildman–Crippen LogP) is 6.26. The molecule has 5 aromatic rings. The second-order valence-electron chi connectivity index (χ2n) is 7.57. The number of para-hydroxylation sites is 1. The zero-order valence-electron chi connectivity index (χ0n) is 17.2. The summed E-state index contributed by atoms with van der Waals surface area (Å²) in [4.78, 5) is 12.3. The van der Waals surface area contributed by atoms with E-state index in [0.717, 1.165) is 23.0 Å². The third-order valence-corrected chi connectivity index (χ3v) is 5.77. The SMILES string of the molecule is O=C(N/N=C/c1cn(Cc2cccc3ccccc23)c2ccccc12)c1ccc(Cl)cc1. The summed E-state index contributed by atoms with van der Waals surface area (Å²) in [6, 6.07) is 29.7. The lowest BCUT2D eigenvalue weighted by Crippen LogP contribution is -2.17. The lowest BCUT2D eigenvalue weighted by molar-refractivity contribution is 0.0955. The lowest BCUT2D eigenvalue weighted by atomic mass is 10.0. The quantitative estimate of drug-likeness (QED) is 0.256. The van der Waals surface area contributed by atoms with Crippen LogP contribution in [0.1, 0.15) is 21.5 Å². The standard InChI is InChI=1S/C27H20ClN3O/c28-23-14-12-20(13-15-23)27(32)30-29-16-22-18-31(26-11-4-3-10-25(22)26)17-21-8-5-7-19-6-1-2-9-24(19)21/h1-16,18H,17H2,(H,30,32)/b29-16+. The summed E-state index contributed by atoms with van der Waals surface area (Å²) in [6.07, 6.45) is 3.76. The first-order valence-corrected chi connectivity index (χ1v) is 10.7. The second-order valence-corrected chi connectivity index (χ2v) is 8.01. The van der Waals surface area contributed by atoms with E-state index in [2.05, 4.69) is 75.9 Å². The fourth-order valence-electron chi connectivity index (χ4n) is 3.95. The molecule has 0 saturated carbocycles. The highest BCUT2D eigenvalue weighted by molar-refractivity contribution is 6.30. The number of hydrogen-bond acceptors (Lipinski definition) is 2. The summed E-state index contributed by atoms with van der Waals surface area (Å²) in [5.41, 5.74) is 6.41. The number of rotatable bonds is 5. The summed E-state index contributed by atoms with van der Waals surface area (Å²) in [5.74, 6) is -0.280. The molecule has 4 nitrogen and oxygen atoms in total. The summed E-state index contributed by atoms with van der Waals surface area (Å²) >= 11 is 5.89. The van der Waals surface area contributed by atoms with E-state index in [-0.39, 0.29) is 5.91 Å². The molecule has 1 amide bonds. The number of nitrogens with zero attached hydrogens (tertiary/aromatic N) is 2. The molecule has 1 heterocycles. The first kappa shape index (κ1) is 20.0. The van der Waals surface area contributed by atoms with Crippen molar-refractivity contribution in [3.8, 4) is 0 Å². The minimum absolute atomic E-state index is 0.280. The van der Waals surface area contributed by atoms with Gasteiger partial charge in [0.25, 0.3) is 5.91 Å². The van der Waals surface area contributed by atoms with Gasteiger partial charge in [-0.2, -0.15) is 5.10 Å². The number of benzene rings is 4. The number of fused-ring (bicyclic) bond motifs is 2. The minimum atomic E-state index is -0.280. The Hall–Kier alpha value is -3.89. The molecule has 0 aliphatic carbocycles. The largest absolute Gasteiger partial charge is 0.342 e. The van der Waals surface area contributed by atoms with E-state index in [1.54, 1.807) is 30.5 Å². The fraction of sp³-hybridized carbons (Fsp3) is 0.0370. The van der Waals surface area contributed by atoms with Crippen LogP contribution in [0.2, 0.25) is 5.02 Å².